The Balaban J connectivity index is 2.34. The lowest BCUT2D eigenvalue weighted by Crippen LogP contribution is -2.48. The molecule has 0 radical (unpaired) electrons. The summed E-state index contributed by atoms with van der Waals surface area (Å²) in [6, 6.07) is 2.06. The maximum atomic E-state index is 13.4. The zero-order valence-corrected chi connectivity index (χ0v) is 9.96. The maximum absolute atomic E-state index is 13.4. The lowest BCUT2D eigenvalue weighted by molar-refractivity contribution is -0.0276. The minimum Gasteiger partial charge on any atom is -0.395 e. The SMILES string of the molecule is CC1(C)CN(c2cc(F)cc(F)c2N)CCO1. The fourth-order valence-corrected chi connectivity index (χ4v) is 2.05. The Morgan fingerprint density at radius 1 is 1.35 bits per heavy atom. The van der Waals surface area contributed by atoms with Crippen LogP contribution in [0.1, 0.15) is 13.8 Å². The van der Waals surface area contributed by atoms with Crippen LogP contribution in [0.2, 0.25) is 0 Å². The zero-order chi connectivity index (χ0) is 12.6. The monoisotopic (exact) mass is 242 g/mol. The van der Waals surface area contributed by atoms with E-state index in [4.69, 9.17) is 10.5 Å². The Hall–Kier alpha value is -1.36. The first-order valence-electron chi connectivity index (χ1n) is 5.52. The number of anilines is 2. The van der Waals surface area contributed by atoms with Gasteiger partial charge in [-0.2, -0.15) is 0 Å². The molecule has 0 saturated carbocycles. The van der Waals surface area contributed by atoms with Gasteiger partial charge in [-0.3, -0.25) is 0 Å². The number of nitrogens with two attached hydrogens (primary N) is 1. The van der Waals surface area contributed by atoms with Gasteiger partial charge in [-0.25, -0.2) is 8.78 Å². The molecular weight excluding hydrogens is 226 g/mol. The average molecular weight is 242 g/mol. The van der Waals surface area contributed by atoms with Crippen LogP contribution in [0, 0.1) is 11.6 Å². The Bertz CT molecular complexity index is 435. The Kier molecular flexibility index (Phi) is 2.95. The van der Waals surface area contributed by atoms with E-state index in [9.17, 15) is 8.78 Å². The number of rotatable bonds is 1. The number of benzene rings is 1. The van der Waals surface area contributed by atoms with Crippen LogP contribution < -0.4 is 10.6 Å². The lowest BCUT2D eigenvalue weighted by Gasteiger charge is -2.39. The van der Waals surface area contributed by atoms with Crippen molar-refractivity contribution in [2.45, 2.75) is 19.4 Å². The molecule has 5 heteroatoms. The van der Waals surface area contributed by atoms with E-state index in [1.807, 2.05) is 18.7 Å². The van der Waals surface area contributed by atoms with Gasteiger partial charge in [-0.05, 0) is 19.9 Å². The molecule has 1 heterocycles. The van der Waals surface area contributed by atoms with Crippen molar-refractivity contribution >= 4 is 11.4 Å². The molecule has 2 rings (SSSR count). The van der Waals surface area contributed by atoms with Crippen molar-refractivity contribution in [3.63, 3.8) is 0 Å². The number of nitrogen functional groups attached to an aromatic ring is 1. The third kappa shape index (κ3) is 2.49. The highest BCUT2D eigenvalue weighted by atomic mass is 19.1. The van der Waals surface area contributed by atoms with Crippen LogP contribution in [0.15, 0.2) is 12.1 Å². The van der Waals surface area contributed by atoms with Crippen LogP contribution in [-0.2, 0) is 4.74 Å². The fraction of sp³-hybridized carbons (Fsp3) is 0.500. The molecule has 0 aliphatic carbocycles. The van der Waals surface area contributed by atoms with Gasteiger partial charge in [0, 0.05) is 19.2 Å². The van der Waals surface area contributed by atoms with Gasteiger partial charge in [-0.15, -0.1) is 0 Å². The molecule has 1 saturated heterocycles. The lowest BCUT2D eigenvalue weighted by atomic mass is 10.1. The summed E-state index contributed by atoms with van der Waals surface area (Å²) >= 11 is 0. The highest BCUT2D eigenvalue weighted by molar-refractivity contribution is 5.68. The first kappa shape index (κ1) is 12.1. The number of ether oxygens (including phenoxy) is 1. The Morgan fingerprint density at radius 2 is 2.06 bits per heavy atom. The van der Waals surface area contributed by atoms with Crippen LogP contribution in [0.25, 0.3) is 0 Å². The van der Waals surface area contributed by atoms with E-state index in [0.717, 1.165) is 6.07 Å². The topological polar surface area (TPSA) is 38.5 Å². The van der Waals surface area contributed by atoms with Gasteiger partial charge >= 0.3 is 0 Å². The van der Waals surface area contributed by atoms with Gasteiger partial charge in [-0.1, -0.05) is 0 Å². The van der Waals surface area contributed by atoms with Crippen LogP contribution >= 0.6 is 0 Å². The van der Waals surface area contributed by atoms with E-state index in [-0.39, 0.29) is 11.3 Å². The molecule has 3 nitrogen and oxygen atoms in total. The first-order chi connectivity index (χ1) is 7.89. The van der Waals surface area contributed by atoms with Crippen molar-refractivity contribution in [2.24, 2.45) is 0 Å². The Morgan fingerprint density at radius 3 is 2.71 bits per heavy atom. The standard InChI is InChI=1S/C12H16F2N2O/c1-12(2)7-16(3-4-17-12)10-6-8(13)5-9(14)11(10)15/h5-6H,3-4,7,15H2,1-2H3. The molecule has 1 aromatic rings. The number of nitrogens with zero attached hydrogens (tertiary/aromatic N) is 1. The van der Waals surface area contributed by atoms with E-state index in [0.29, 0.717) is 25.4 Å². The normalized spacial score (nSPS) is 19.4. The minimum absolute atomic E-state index is 0.0101. The Labute approximate surface area is 99.2 Å². The molecule has 17 heavy (non-hydrogen) atoms. The quantitative estimate of drug-likeness (QED) is 0.767. The van der Waals surface area contributed by atoms with Gasteiger partial charge in [0.1, 0.15) is 5.82 Å². The molecule has 0 aromatic heterocycles. The number of halogens is 2. The van der Waals surface area contributed by atoms with Crippen LogP contribution in [0.4, 0.5) is 20.2 Å². The zero-order valence-electron chi connectivity index (χ0n) is 9.96. The summed E-state index contributed by atoms with van der Waals surface area (Å²) in [5.41, 5.74) is 5.70. The smallest absolute Gasteiger partial charge is 0.151 e. The van der Waals surface area contributed by atoms with Crippen molar-refractivity contribution in [3.05, 3.63) is 23.8 Å². The molecule has 1 fully saturated rings. The predicted molar refractivity (Wildman–Crippen MR) is 63.0 cm³/mol. The fourth-order valence-electron chi connectivity index (χ4n) is 2.05. The molecule has 1 aliphatic rings. The van der Waals surface area contributed by atoms with Crippen LogP contribution in [-0.4, -0.2) is 25.3 Å². The van der Waals surface area contributed by atoms with Crippen LogP contribution in [0.5, 0.6) is 0 Å². The summed E-state index contributed by atoms with van der Waals surface area (Å²) in [6.07, 6.45) is 0. The molecule has 2 N–H and O–H groups in total. The number of hydrogen-bond acceptors (Lipinski definition) is 3. The van der Waals surface area contributed by atoms with Crippen molar-refractivity contribution in [1.82, 2.24) is 0 Å². The predicted octanol–water partition coefficient (Wildman–Crippen LogP) is 2.16. The second-order valence-electron chi connectivity index (χ2n) is 4.85. The first-order valence-corrected chi connectivity index (χ1v) is 5.52. The van der Waals surface area contributed by atoms with Gasteiger partial charge in [0.15, 0.2) is 5.82 Å². The summed E-state index contributed by atoms with van der Waals surface area (Å²) in [7, 11) is 0. The van der Waals surface area contributed by atoms with Gasteiger partial charge < -0.3 is 15.4 Å². The van der Waals surface area contributed by atoms with E-state index in [1.54, 1.807) is 0 Å². The summed E-state index contributed by atoms with van der Waals surface area (Å²) in [5, 5.41) is 0. The van der Waals surface area contributed by atoms with Gasteiger partial charge in [0.05, 0.1) is 23.6 Å². The molecular formula is C12H16F2N2O. The molecule has 0 amide bonds. The highest BCUT2D eigenvalue weighted by Crippen LogP contribution is 2.30. The maximum Gasteiger partial charge on any atom is 0.151 e. The molecule has 0 unspecified atom stereocenters. The van der Waals surface area contributed by atoms with Gasteiger partial charge in [0.2, 0.25) is 0 Å². The van der Waals surface area contributed by atoms with E-state index >= 15 is 0 Å². The summed E-state index contributed by atoms with van der Waals surface area (Å²) in [6.45, 7) is 5.52. The molecule has 1 aromatic carbocycles. The van der Waals surface area contributed by atoms with Gasteiger partial charge in [0.25, 0.3) is 0 Å². The van der Waals surface area contributed by atoms with Crippen LogP contribution in [0.3, 0.4) is 0 Å². The van der Waals surface area contributed by atoms with E-state index in [2.05, 4.69) is 0 Å². The molecule has 0 atom stereocenters. The summed E-state index contributed by atoms with van der Waals surface area (Å²) in [5.74, 6) is -1.33. The number of morpholine rings is 1. The summed E-state index contributed by atoms with van der Waals surface area (Å²) < 4.78 is 32.1. The molecule has 94 valence electrons. The van der Waals surface area contributed by atoms with Crippen molar-refractivity contribution in [1.29, 1.82) is 0 Å². The second-order valence-corrected chi connectivity index (χ2v) is 4.85. The van der Waals surface area contributed by atoms with E-state index < -0.39 is 11.6 Å². The molecule has 0 spiro atoms. The van der Waals surface area contributed by atoms with Crippen molar-refractivity contribution in [3.8, 4) is 0 Å². The summed E-state index contributed by atoms with van der Waals surface area (Å²) in [4.78, 5) is 1.85. The average Bonchev–Trinajstić information content (AvgIpc) is 2.22. The minimum atomic E-state index is -0.718. The van der Waals surface area contributed by atoms with Crippen molar-refractivity contribution < 1.29 is 13.5 Å². The van der Waals surface area contributed by atoms with Crippen molar-refractivity contribution in [2.75, 3.05) is 30.3 Å². The third-order valence-corrected chi connectivity index (χ3v) is 2.84. The number of hydrogen-bond donors (Lipinski definition) is 1. The second kappa shape index (κ2) is 4.14. The molecule has 0 bridgehead atoms. The molecule has 1 aliphatic heterocycles. The largest absolute Gasteiger partial charge is 0.395 e. The third-order valence-electron chi connectivity index (χ3n) is 2.84. The highest BCUT2D eigenvalue weighted by Gasteiger charge is 2.28. The van der Waals surface area contributed by atoms with E-state index in [1.165, 1.54) is 6.07 Å².